The minimum absolute atomic E-state index is 0.300. The first-order valence-corrected chi connectivity index (χ1v) is 6.71. The second kappa shape index (κ2) is 6.71. The van der Waals surface area contributed by atoms with Crippen LogP contribution in [0.25, 0.3) is 0 Å². The van der Waals surface area contributed by atoms with Crippen LogP contribution in [0.3, 0.4) is 0 Å². The van der Waals surface area contributed by atoms with Crippen LogP contribution >= 0.6 is 11.8 Å². The van der Waals surface area contributed by atoms with Gasteiger partial charge in [0.15, 0.2) is 0 Å². The Kier molecular flexibility index (Phi) is 5.56. The first-order chi connectivity index (χ1) is 7.58. The standard InChI is InChI=1S/C13H19NOS/c1-10-3-5-12(6-4-10)7-13(15)9-16-8-11(2)14/h3-6,11H,7-9,14H2,1-2H3/p+1. The summed E-state index contributed by atoms with van der Waals surface area (Å²) in [5.41, 5.74) is 6.24. The van der Waals surface area contributed by atoms with Gasteiger partial charge in [-0.05, 0) is 19.4 Å². The number of thioether (sulfide) groups is 1. The van der Waals surface area contributed by atoms with E-state index >= 15 is 0 Å². The van der Waals surface area contributed by atoms with Crippen molar-refractivity contribution in [3.63, 3.8) is 0 Å². The summed E-state index contributed by atoms with van der Waals surface area (Å²) in [4.78, 5) is 11.6. The average molecular weight is 238 g/mol. The molecule has 1 aromatic rings. The molecule has 0 fully saturated rings. The van der Waals surface area contributed by atoms with Gasteiger partial charge in [-0.1, -0.05) is 29.8 Å². The molecule has 2 nitrogen and oxygen atoms in total. The lowest BCUT2D eigenvalue weighted by molar-refractivity contribution is -0.406. The van der Waals surface area contributed by atoms with Gasteiger partial charge in [-0.3, -0.25) is 4.79 Å². The highest BCUT2D eigenvalue weighted by Gasteiger charge is 2.05. The minimum Gasteiger partial charge on any atom is -0.355 e. The number of rotatable bonds is 6. The van der Waals surface area contributed by atoms with Crippen molar-refractivity contribution in [1.82, 2.24) is 0 Å². The molecule has 0 heterocycles. The van der Waals surface area contributed by atoms with Gasteiger partial charge >= 0.3 is 0 Å². The van der Waals surface area contributed by atoms with Crippen LogP contribution in [0.1, 0.15) is 18.1 Å². The molecule has 1 aromatic carbocycles. The Labute approximate surface area is 102 Å². The van der Waals surface area contributed by atoms with Crippen molar-refractivity contribution in [3.8, 4) is 0 Å². The van der Waals surface area contributed by atoms with Gasteiger partial charge in [0.25, 0.3) is 0 Å². The van der Waals surface area contributed by atoms with Crippen molar-refractivity contribution in [2.24, 2.45) is 0 Å². The van der Waals surface area contributed by atoms with Crippen molar-refractivity contribution in [2.45, 2.75) is 26.3 Å². The third-order valence-electron chi connectivity index (χ3n) is 2.19. The highest BCUT2D eigenvalue weighted by Crippen LogP contribution is 2.07. The van der Waals surface area contributed by atoms with Crippen LogP contribution < -0.4 is 5.73 Å². The first-order valence-electron chi connectivity index (χ1n) is 5.56. The zero-order chi connectivity index (χ0) is 12.0. The average Bonchev–Trinajstić information content (AvgIpc) is 2.21. The predicted octanol–water partition coefficient (Wildman–Crippen LogP) is 1.47. The van der Waals surface area contributed by atoms with Gasteiger partial charge in [-0.2, -0.15) is 0 Å². The fourth-order valence-corrected chi connectivity index (χ4v) is 2.21. The lowest BCUT2D eigenvalue weighted by Gasteiger charge is -2.03. The molecule has 0 amide bonds. The third-order valence-corrected chi connectivity index (χ3v) is 3.52. The molecule has 1 unspecified atom stereocenters. The quantitative estimate of drug-likeness (QED) is 0.815. The highest BCUT2D eigenvalue weighted by atomic mass is 32.2. The molecular formula is C13H20NOS+. The van der Waals surface area contributed by atoms with Crippen molar-refractivity contribution in [3.05, 3.63) is 35.4 Å². The van der Waals surface area contributed by atoms with Gasteiger partial charge < -0.3 is 5.73 Å². The van der Waals surface area contributed by atoms with Gasteiger partial charge in [-0.15, -0.1) is 11.8 Å². The van der Waals surface area contributed by atoms with Crippen LogP contribution in [0.15, 0.2) is 24.3 Å². The number of hydrogen-bond donors (Lipinski definition) is 1. The molecule has 0 aliphatic heterocycles. The van der Waals surface area contributed by atoms with E-state index in [0.717, 1.165) is 11.3 Å². The molecule has 0 radical (unpaired) electrons. The van der Waals surface area contributed by atoms with Crippen molar-refractivity contribution >= 4 is 17.5 Å². The summed E-state index contributed by atoms with van der Waals surface area (Å²) in [5.74, 6) is 1.86. The minimum atomic E-state index is 0.300. The Morgan fingerprint density at radius 2 is 2.00 bits per heavy atom. The zero-order valence-electron chi connectivity index (χ0n) is 10.0. The third kappa shape index (κ3) is 5.33. The van der Waals surface area contributed by atoms with E-state index in [1.54, 1.807) is 11.8 Å². The number of ketones is 1. The monoisotopic (exact) mass is 238 g/mol. The van der Waals surface area contributed by atoms with E-state index in [0.29, 0.717) is 24.0 Å². The number of carbonyl (C=O) groups is 1. The number of quaternary nitrogens is 1. The van der Waals surface area contributed by atoms with Crippen LogP contribution in [-0.2, 0) is 11.2 Å². The Bertz CT molecular complexity index is 332. The summed E-state index contributed by atoms with van der Waals surface area (Å²) >= 11 is 1.68. The van der Waals surface area contributed by atoms with E-state index < -0.39 is 0 Å². The van der Waals surface area contributed by atoms with E-state index in [2.05, 4.69) is 19.6 Å². The highest BCUT2D eigenvalue weighted by molar-refractivity contribution is 7.99. The molecule has 88 valence electrons. The molecule has 0 aromatic heterocycles. The number of aryl methyl sites for hydroxylation is 1. The summed E-state index contributed by atoms with van der Waals surface area (Å²) in [5, 5.41) is 0. The van der Waals surface area contributed by atoms with Crippen LogP contribution in [-0.4, -0.2) is 23.3 Å². The molecule has 3 N–H and O–H groups in total. The molecular weight excluding hydrogens is 218 g/mol. The van der Waals surface area contributed by atoms with E-state index in [1.165, 1.54) is 5.56 Å². The Hall–Kier alpha value is -0.800. The topological polar surface area (TPSA) is 44.7 Å². The molecule has 0 spiro atoms. The van der Waals surface area contributed by atoms with E-state index in [9.17, 15) is 4.79 Å². The Balaban J connectivity index is 2.31. The summed E-state index contributed by atoms with van der Waals surface area (Å²) in [6.07, 6.45) is 0.554. The summed E-state index contributed by atoms with van der Waals surface area (Å²) in [6.45, 7) is 4.12. The number of benzene rings is 1. The molecule has 1 rings (SSSR count). The fourth-order valence-electron chi connectivity index (χ4n) is 1.36. The molecule has 0 aliphatic rings. The summed E-state index contributed by atoms with van der Waals surface area (Å²) in [6, 6.07) is 8.57. The van der Waals surface area contributed by atoms with E-state index in [-0.39, 0.29) is 0 Å². The van der Waals surface area contributed by atoms with Gasteiger partial charge in [-0.25, -0.2) is 0 Å². The predicted molar refractivity (Wildman–Crippen MR) is 69.6 cm³/mol. The molecule has 1 atom stereocenters. The van der Waals surface area contributed by atoms with Crippen LogP contribution in [0.2, 0.25) is 0 Å². The lowest BCUT2D eigenvalue weighted by atomic mass is 10.1. The second-order valence-electron chi connectivity index (χ2n) is 4.32. The maximum Gasteiger partial charge on any atom is 0.147 e. The molecule has 0 saturated carbocycles. The molecule has 0 saturated heterocycles. The number of hydrogen-bond acceptors (Lipinski definition) is 2. The van der Waals surface area contributed by atoms with E-state index in [4.69, 9.17) is 0 Å². The molecule has 0 bridgehead atoms. The van der Waals surface area contributed by atoms with Gasteiger partial charge in [0.2, 0.25) is 0 Å². The summed E-state index contributed by atoms with van der Waals surface area (Å²) < 4.78 is 0. The molecule has 16 heavy (non-hydrogen) atoms. The maximum atomic E-state index is 11.6. The van der Waals surface area contributed by atoms with Gasteiger partial charge in [0.1, 0.15) is 5.78 Å². The van der Waals surface area contributed by atoms with Crippen LogP contribution in [0, 0.1) is 6.92 Å². The summed E-state index contributed by atoms with van der Waals surface area (Å²) in [7, 11) is 0. The zero-order valence-corrected chi connectivity index (χ0v) is 10.8. The number of Topliss-reactive ketones (excluding diaryl/α,β-unsaturated/α-hetero) is 1. The van der Waals surface area contributed by atoms with Gasteiger partial charge in [0.05, 0.1) is 11.8 Å². The fraction of sp³-hybridized carbons (Fsp3) is 0.462. The van der Waals surface area contributed by atoms with Crippen molar-refractivity contribution in [1.29, 1.82) is 0 Å². The normalized spacial score (nSPS) is 12.4. The lowest BCUT2D eigenvalue weighted by Crippen LogP contribution is -2.60. The second-order valence-corrected chi connectivity index (χ2v) is 5.35. The van der Waals surface area contributed by atoms with Crippen molar-refractivity contribution < 1.29 is 10.5 Å². The molecule has 0 aliphatic carbocycles. The largest absolute Gasteiger partial charge is 0.355 e. The van der Waals surface area contributed by atoms with Gasteiger partial charge in [0, 0.05) is 12.2 Å². The van der Waals surface area contributed by atoms with Crippen LogP contribution in [0.5, 0.6) is 0 Å². The SMILES string of the molecule is Cc1ccc(CC(=O)CSCC(C)[NH3+])cc1. The smallest absolute Gasteiger partial charge is 0.147 e. The Morgan fingerprint density at radius 1 is 1.38 bits per heavy atom. The van der Waals surface area contributed by atoms with E-state index in [1.807, 2.05) is 24.3 Å². The van der Waals surface area contributed by atoms with Crippen LogP contribution in [0.4, 0.5) is 0 Å². The number of carbonyl (C=O) groups excluding carboxylic acids is 1. The maximum absolute atomic E-state index is 11.6. The Morgan fingerprint density at radius 3 is 2.56 bits per heavy atom. The first kappa shape index (κ1) is 13.3. The van der Waals surface area contributed by atoms with Crippen molar-refractivity contribution in [2.75, 3.05) is 11.5 Å². The molecule has 3 heteroatoms.